The fourth-order valence-electron chi connectivity index (χ4n) is 0.695. The number of carbonyl (C=O) groups is 1. The Bertz CT molecular complexity index is 290. The number of aliphatic hydroxyl groups is 1. The van der Waals surface area contributed by atoms with E-state index in [0.29, 0.717) is 13.0 Å². The second-order valence-electron chi connectivity index (χ2n) is 2.79. The lowest BCUT2D eigenvalue weighted by molar-refractivity contribution is -0.149. The SMILES string of the molecule is CCCNS(=O)(=O)NCC(O)C(=O)OC. The highest BCUT2D eigenvalue weighted by Crippen LogP contribution is 1.87. The highest BCUT2D eigenvalue weighted by atomic mass is 32.2. The smallest absolute Gasteiger partial charge is 0.336 e. The quantitative estimate of drug-likeness (QED) is 0.463. The predicted molar refractivity (Wildman–Crippen MR) is 53.2 cm³/mol. The van der Waals surface area contributed by atoms with Gasteiger partial charge < -0.3 is 9.84 Å². The summed E-state index contributed by atoms with van der Waals surface area (Å²) < 4.78 is 30.7. The van der Waals surface area contributed by atoms with Gasteiger partial charge in [0.05, 0.1) is 7.11 Å². The molecule has 15 heavy (non-hydrogen) atoms. The molecule has 0 rings (SSSR count). The number of ether oxygens (including phenoxy) is 1. The number of rotatable bonds is 7. The second-order valence-corrected chi connectivity index (χ2v) is 4.37. The van der Waals surface area contributed by atoms with Crippen molar-refractivity contribution in [2.75, 3.05) is 20.2 Å². The number of aliphatic hydroxyl groups excluding tert-OH is 1. The molecule has 3 N–H and O–H groups in total. The van der Waals surface area contributed by atoms with E-state index in [1.165, 1.54) is 0 Å². The van der Waals surface area contributed by atoms with Crippen LogP contribution >= 0.6 is 0 Å². The first kappa shape index (κ1) is 14.3. The van der Waals surface area contributed by atoms with E-state index in [1.807, 2.05) is 11.6 Å². The van der Waals surface area contributed by atoms with Gasteiger partial charge in [0.1, 0.15) is 0 Å². The van der Waals surface area contributed by atoms with Crippen molar-refractivity contribution in [3.05, 3.63) is 0 Å². The Morgan fingerprint density at radius 2 is 2.07 bits per heavy atom. The highest BCUT2D eigenvalue weighted by Gasteiger charge is 2.18. The Morgan fingerprint density at radius 3 is 2.53 bits per heavy atom. The molecule has 90 valence electrons. The van der Waals surface area contributed by atoms with E-state index < -0.39 is 28.8 Å². The molecule has 0 radical (unpaired) electrons. The minimum atomic E-state index is -3.65. The van der Waals surface area contributed by atoms with Crippen LogP contribution in [-0.2, 0) is 19.7 Å². The van der Waals surface area contributed by atoms with E-state index in [9.17, 15) is 13.2 Å². The average molecular weight is 240 g/mol. The molecule has 0 aromatic heterocycles. The summed E-state index contributed by atoms with van der Waals surface area (Å²) in [7, 11) is -2.54. The monoisotopic (exact) mass is 240 g/mol. The van der Waals surface area contributed by atoms with Gasteiger partial charge in [-0.2, -0.15) is 13.1 Å². The van der Waals surface area contributed by atoms with Crippen molar-refractivity contribution in [1.29, 1.82) is 0 Å². The van der Waals surface area contributed by atoms with E-state index >= 15 is 0 Å². The molecule has 0 aliphatic rings. The summed E-state index contributed by atoms with van der Waals surface area (Å²) in [4.78, 5) is 10.7. The van der Waals surface area contributed by atoms with Crippen molar-refractivity contribution in [2.24, 2.45) is 0 Å². The predicted octanol–water partition coefficient (Wildman–Crippen LogP) is -1.65. The Kier molecular flexibility index (Phi) is 6.41. The van der Waals surface area contributed by atoms with Gasteiger partial charge in [0.25, 0.3) is 10.2 Å². The maximum atomic E-state index is 11.1. The summed E-state index contributed by atoms with van der Waals surface area (Å²) in [5.74, 6) is -0.881. The van der Waals surface area contributed by atoms with Crippen LogP contribution < -0.4 is 9.44 Å². The molecular formula is C7H16N2O5S. The fraction of sp³-hybridized carbons (Fsp3) is 0.857. The molecule has 0 bridgehead atoms. The first-order valence-corrected chi connectivity index (χ1v) is 5.91. The van der Waals surface area contributed by atoms with E-state index in [4.69, 9.17) is 5.11 Å². The molecule has 0 aromatic carbocycles. The van der Waals surface area contributed by atoms with Crippen molar-refractivity contribution in [3.8, 4) is 0 Å². The van der Waals surface area contributed by atoms with Crippen molar-refractivity contribution < 1.29 is 23.1 Å². The van der Waals surface area contributed by atoms with Crippen LogP contribution in [0.2, 0.25) is 0 Å². The molecule has 0 saturated heterocycles. The molecular weight excluding hydrogens is 224 g/mol. The van der Waals surface area contributed by atoms with Crippen LogP contribution in [0.5, 0.6) is 0 Å². The molecule has 0 aromatic rings. The Balaban J connectivity index is 3.98. The van der Waals surface area contributed by atoms with E-state index in [2.05, 4.69) is 9.46 Å². The topological polar surface area (TPSA) is 105 Å². The first-order valence-electron chi connectivity index (χ1n) is 4.43. The second kappa shape index (κ2) is 6.72. The number of hydrogen-bond acceptors (Lipinski definition) is 5. The van der Waals surface area contributed by atoms with E-state index in [1.54, 1.807) is 0 Å². The minimum absolute atomic E-state index is 0.295. The molecule has 0 amide bonds. The molecule has 1 unspecified atom stereocenters. The van der Waals surface area contributed by atoms with Gasteiger partial charge in [0.2, 0.25) is 0 Å². The van der Waals surface area contributed by atoms with Gasteiger partial charge in [0.15, 0.2) is 6.10 Å². The molecule has 0 fully saturated rings. The normalized spacial score (nSPS) is 13.5. The highest BCUT2D eigenvalue weighted by molar-refractivity contribution is 7.87. The number of esters is 1. The largest absolute Gasteiger partial charge is 0.467 e. The van der Waals surface area contributed by atoms with Gasteiger partial charge >= 0.3 is 5.97 Å². The summed E-state index contributed by atoms with van der Waals surface area (Å²) >= 11 is 0. The third-order valence-electron chi connectivity index (χ3n) is 1.48. The third kappa shape index (κ3) is 6.39. The lowest BCUT2D eigenvalue weighted by atomic mass is 10.4. The maximum absolute atomic E-state index is 11.1. The van der Waals surface area contributed by atoms with E-state index in [0.717, 1.165) is 7.11 Å². The van der Waals surface area contributed by atoms with Crippen LogP contribution in [0.25, 0.3) is 0 Å². The number of hydrogen-bond donors (Lipinski definition) is 3. The average Bonchev–Trinajstić information content (AvgIpc) is 2.22. The summed E-state index contributed by atoms with van der Waals surface area (Å²) in [5, 5.41) is 9.08. The fourth-order valence-corrected chi connectivity index (χ4v) is 1.65. The van der Waals surface area contributed by atoms with Crippen molar-refractivity contribution in [3.63, 3.8) is 0 Å². The maximum Gasteiger partial charge on any atom is 0.336 e. The molecule has 7 nitrogen and oxygen atoms in total. The number of methoxy groups -OCH3 is 1. The lowest BCUT2D eigenvalue weighted by Crippen LogP contribution is -2.43. The molecule has 0 aliphatic heterocycles. The lowest BCUT2D eigenvalue weighted by Gasteiger charge is -2.10. The molecule has 8 heteroatoms. The van der Waals surface area contributed by atoms with Crippen molar-refractivity contribution in [1.82, 2.24) is 9.44 Å². The number of carbonyl (C=O) groups excluding carboxylic acids is 1. The standard InChI is InChI=1S/C7H16N2O5S/c1-3-4-8-15(12,13)9-5-6(10)7(11)14-2/h6,8-10H,3-5H2,1-2H3. The minimum Gasteiger partial charge on any atom is -0.467 e. The molecule has 0 saturated carbocycles. The van der Waals surface area contributed by atoms with E-state index in [-0.39, 0.29) is 0 Å². The van der Waals surface area contributed by atoms with Gasteiger partial charge in [0, 0.05) is 13.1 Å². The van der Waals surface area contributed by atoms with Crippen molar-refractivity contribution >= 4 is 16.2 Å². The van der Waals surface area contributed by atoms with Gasteiger partial charge in [-0.05, 0) is 6.42 Å². The zero-order chi connectivity index (χ0) is 11.9. The van der Waals surface area contributed by atoms with Gasteiger partial charge in [-0.25, -0.2) is 9.52 Å². The van der Waals surface area contributed by atoms with Crippen LogP contribution in [0.3, 0.4) is 0 Å². The van der Waals surface area contributed by atoms with Gasteiger partial charge in [-0.1, -0.05) is 6.92 Å². The van der Waals surface area contributed by atoms with Crippen LogP contribution in [0.1, 0.15) is 13.3 Å². The van der Waals surface area contributed by atoms with Crippen molar-refractivity contribution in [2.45, 2.75) is 19.4 Å². The first-order chi connectivity index (χ1) is 6.93. The summed E-state index contributed by atoms with van der Waals surface area (Å²) in [5.41, 5.74) is 0. The van der Waals surface area contributed by atoms with Gasteiger partial charge in [-0.15, -0.1) is 0 Å². The van der Waals surface area contributed by atoms with Crippen LogP contribution in [0.4, 0.5) is 0 Å². The molecule has 1 atom stereocenters. The summed E-state index contributed by atoms with van der Waals surface area (Å²) in [6, 6.07) is 0. The van der Waals surface area contributed by atoms with Crippen LogP contribution in [0, 0.1) is 0 Å². The number of nitrogens with one attached hydrogen (secondary N) is 2. The molecule has 0 spiro atoms. The van der Waals surface area contributed by atoms with Crippen LogP contribution in [-0.4, -0.2) is 45.8 Å². The molecule has 0 heterocycles. The zero-order valence-corrected chi connectivity index (χ0v) is 9.50. The Morgan fingerprint density at radius 1 is 1.47 bits per heavy atom. The molecule has 0 aliphatic carbocycles. The van der Waals surface area contributed by atoms with Crippen LogP contribution in [0.15, 0.2) is 0 Å². The third-order valence-corrected chi connectivity index (χ3v) is 2.61. The zero-order valence-electron chi connectivity index (χ0n) is 8.69. The Labute approximate surface area is 89.0 Å². The summed E-state index contributed by atoms with van der Waals surface area (Å²) in [6.45, 7) is 1.70. The Hall–Kier alpha value is -0.700. The summed E-state index contributed by atoms with van der Waals surface area (Å²) in [6.07, 6.45) is -0.839. The van der Waals surface area contributed by atoms with Gasteiger partial charge in [-0.3, -0.25) is 0 Å².